The van der Waals surface area contributed by atoms with Gasteiger partial charge in [-0.25, -0.2) is 4.79 Å². The Kier molecular flexibility index (Phi) is 5.63. The number of hydrogen-bond donors (Lipinski definition) is 3. The molecule has 1 unspecified atom stereocenters. The van der Waals surface area contributed by atoms with E-state index in [1.807, 2.05) is 6.07 Å². The Hall–Kier alpha value is -3.45. The minimum Gasteiger partial charge on any atom is -0.508 e. The van der Waals surface area contributed by atoms with Gasteiger partial charge < -0.3 is 20.1 Å². The third-order valence-electron chi connectivity index (χ3n) is 5.19. The van der Waals surface area contributed by atoms with Crippen molar-refractivity contribution in [3.8, 4) is 28.3 Å². The molecular formula is C23H23N3O4. The standard InChI is InChI=1S/C23H23N3O4/c1-14-10-16(7-8-21(14)27)20-12-19(25-23(29)26-20)15-4-2-5-17(11-15)22(28)24-13-18-6-3-9-30-18/h2,4-5,7-8,10-12,18,27H,3,6,9,13H2,1H3,(H,24,28)(H,25,26,29). The van der Waals surface area contributed by atoms with Crippen molar-refractivity contribution in [3.63, 3.8) is 0 Å². The maximum atomic E-state index is 12.5. The lowest BCUT2D eigenvalue weighted by Crippen LogP contribution is -2.31. The fourth-order valence-electron chi connectivity index (χ4n) is 3.52. The molecule has 0 bridgehead atoms. The number of aromatic nitrogens is 2. The molecule has 0 aliphatic carbocycles. The second-order valence-corrected chi connectivity index (χ2v) is 7.41. The summed E-state index contributed by atoms with van der Waals surface area (Å²) in [6, 6.07) is 13.9. The molecule has 3 aromatic rings. The number of nitrogens with one attached hydrogen (secondary N) is 2. The second kappa shape index (κ2) is 8.51. The molecule has 1 amide bonds. The number of benzene rings is 2. The Labute approximate surface area is 173 Å². The Bertz CT molecular complexity index is 1130. The molecule has 3 N–H and O–H groups in total. The number of aromatic amines is 1. The maximum Gasteiger partial charge on any atom is 0.345 e. The summed E-state index contributed by atoms with van der Waals surface area (Å²) in [7, 11) is 0. The number of aryl methyl sites for hydroxylation is 1. The molecule has 1 aromatic heterocycles. The van der Waals surface area contributed by atoms with Crippen LogP contribution in [-0.4, -0.2) is 40.2 Å². The van der Waals surface area contributed by atoms with E-state index in [1.165, 1.54) is 0 Å². The fourth-order valence-corrected chi connectivity index (χ4v) is 3.52. The Morgan fingerprint density at radius 3 is 2.87 bits per heavy atom. The average molecular weight is 405 g/mol. The van der Waals surface area contributed by atoms with Crippen molar-refractivity contribution < 1.29 is 14.6 Å². The average Bonchev–Trinajstić information content (AvgIpc) is 3.27. The van der Waals surface area contributed by atoms with Crippen LogP contribution in [0, 0.1) is 6.92 Å². The molecule has 2 heterocycles. The first-order valence-corrected chi connectivity index (χ1v) is 9.91. The van der Waals surface area contributed by atoms with Crippen molar-refractivity contribution in [3.05, 3.63) is 70.1 Å². The quantitative estimate of drug-likeness (QED) is 0.605. The van der Waals surface area contributed by atoms with E-state index in [1.54, 1.807) is 49.4 Å². The highest BCUT2D eigenvalue weighted by molar-refractivity contribution is 5.95. The van der Waals surface area contributed by atoms with Gasteiger partial charge in [-0.2, -0.15) is 4.98 Å². The number of carbonyl (C=O) groups is 1. The minimum atomic E-state index is -0.485. The van der Waals surface area contributed by atoms with E-state index >= 15 is 0 Å². The van der Waals surface area contributed by atoms with Crippen LogP contribution in [0.1, 0.15) is 28.8 Å². The van der Waals surface area contributed by atoms with Crippen LogP contribution in [0.15, 0.2) is 53.3 Å². The van der Waals surface area contributed by atoms with Crippen molar-refractivity contribution in [1.29, 1.82) is 0 Å². The molecule has 0 spiro atoms. The third-order valence-corrected chi connectivity index (χ3v) is 5.19. The smallest absolute Gasteiger partial charge is 0.345 e. The number of H-pyrrole nitrogens is 1. The molecule has 1 aliphatic rings. The molecule has 4 rings (SSSR count). The molecule has 1 fully saturated rings. The fraction of sp³-hybridized carbons (Fsp3) is 0.261. The number of nitrogens with zero attached hydrogens (tertiary/aromatic N) is 1. The molecule has 7 nitrogen and oxygen atoms in total. The number of aromatic hydroxyl groups is 1. The van der Waals surface area contributed by atoms with Crippen LogP contribution in [0.2, 0.25) is 0 Å². The first-order valence-electron chi connectivity index (χ1n) is 9.91. The number of phenols is 1. The van der Waals surface area contributed by atoms with Crippen LogP contribution < -0.4 is 11.0 Å². The zero-order valence-electron chi connectivity index (χ0n) is 16.6. The predicted molar refractivity (Wildman–Crippen MR) is 113 cm³/mol. The van der Waals surface area contributed by atoms with E-state index in [2.05, 4.69) is 15.3 Å². The van der Waals surface area contributed by atoms with Gasteiger partial charge in [0.25, 0.3) is 5.91 Å². The summed E-state index contributed by atoms with van der Waals surface area (Å²) in [4.78, 5) is 31.5. The Morgan fingerprint density at radius 1 is 1.23 bits per heavy atom. The topological polar surface area (TPSA) is 104 Å². The van der Waals surface area contributed by atoms with Gasteiger partial charge >= 0.3 is 5.69 Å². The van der Waals surface area contributed by atoms with Crippen molar-refractivity contribution in [1.82, 2.24) is 15.3 Å². The van der Waals surface area contributed by atoms with Crippen molar-refractivity contribution in [2.24, 2.45) is 0 Å². The van der Waals surface area contributed by atoms with Gasteiger partial charge in [-0.1, -0.05) is 12.1 Å². The second-order valence-electron chi connectivity index (χ2n) is 7.41. The van der Waals surface area contributed by atoms with Crippen LogP contribution in [0.5, 0.6) is 5.75 Å². The van der Waals surface area contributed by atoms with Gasteiger partial charge in [0.1, 0.15) is 5.75 Å². The number of rotatable bonds is 5. The third kappa shape index (κ3) is 4.41. The van der Waals surface area contributed by atoms with Crippen LogP contribution in [0.25, 0.3) is 22.5 Å². The van der Waals surface area contributed by atoms with E-state index in [4.69, 9.17) is 4.74 Å². The van der Waals surface area contributed by atoms with Gasteiger partial charge in [-0.15, -0.1) is 0 Å². The first kappa shape index (κ1) is 19.8. The lowest BCUT2D eigenvalue weighted by molar-refractivity contribution is 0.0858. The van der Waals surface area contributed by atoms with Crippen LogP contribution in [-0.2, 0) is 4.74 Å². The van der Waals surface area contributed by atoms with E-state index < -0.39 is 5.69 Å². The van der Waals surface area contributed by atoms with Gasteiger partial charge in [0.05, 0.1) is 17.5 Å². The molecule has 1 saturated heterocycles. The summed E-state index contributed by atoms with van der Waals surface area (Å²) in [5, 5.41) is 12.6. The summed E-state index contributed by atoms with van der Waals surface area (Å²) in [5.74, 6) is 0.00340. The molecule has 1 aliphatic heterocycles. The highest BCUT2D eigenvalue weighted by Gasteiger charge is 2.17. The number of amides is 1. The number of phenolic OH excluding ortho intramolecular Hbond substituents is 1. The highest BCUT2D eigenvalue weighted by atomic mass is 16.5. The zero-order chi connectivity index (χ0) is 21.1. The SMILES string of the molecule is Cc1cc(-c2cc(-c3cccc(C(=O)NCC4CCCO4)c3)[nH]c(=O)n2)ccc1O. The molecule has 154 valence electrons. The largest absolute Gasteiger partial charge is 0.508 e. The summed E-state index contributed by atoms with van der Waals surface area (Å²) < 4.78 is 5.54. The van der Waals surface area contributed by atoms with Gasteiger partial charge in [0, 0.05) is 24.3 Å². The molecular weight excluding hydrogens is 382 g/mol. The first-order chi connectivity index (χ1) is 14.5. The summed E-state index contributed by atoms with van der Waals surface area (Å²) >= 11 is 0. The van der Waals surface area contributed by atoms with Gasteiger partial charge in [0.15, 0.2) is 0 Å². The normalized spacial score (nSPS) is 15.8. The molecule has 2 aromatic carbocycles. The number of carbonyl (C=O) groups excluding carboxylic acids is 1. The molecule has 1 atom stereocenters. The zero-order valence-corrected chi connectivity index (χ0v) is 16.6. The molecule has 0 saturated carbocycles. The van der Waals surface area contributed by atoms with E-state index in [9.17, 15) is 14.7 Å². The van der Waals surface area contributed by atoms with Gasteiger partial charge in [-0.05, 0) is 67.3 Å². The van der Waals surface area contributed by atoms with Gasteiger partial charge in [0.2, 0.25) is 0 Å². The molecule has 30 heavy (non-hydrogen) atoms. The Balaban J connectivity index is 1.60. The highest BCUT2D eigenvalue weighted by Crippen LogP contribution is 2.26. The maximum absolute atomic E-state index is 12.5. The van der Waals surface area contributed by atoms with Crippen molar-refractivity contribution in [2.75, 3.05) is 13.2 Å². The van der Waals surface area contributed by atoms with Crippen molar-refractivity contribution >= 4 is 5.91 Å². The lowest BCUT2D eigenvalue weighted by Gasteiger charge is -2.11. The van der Waals surface area contributed by atoms with Crippen LogP contribution in [0.3, 0.4) is 0 Å². The van der Waals surface area contributed by atoms with E-state index in [0.29, 0.717) is 34.6 Å². The van der Waals surface area contributed by atoms with Crippen LogP contribution in [0.4, 0.5) is 0 Å². The predicted octanol–water partition coefficient (Wildman–Crippen LogP) is 3.03. The monoisotopic (exact) mass is 405 g/mol. The van der Waals surface area contributed by atoms with Gasteiger partial charge in [-0.3, -0.25) is 4.79 Å². The van der Waals surface area contributed by atoms with E-state index in [0.717, 1.165) is 25.0 Å². The van der Waals surface area contributed by atoms with E-state index in [-0.39, 0.29) is 17.8 Å². The lowest BCUT2D eigenvalue weighted by atomic mass is 10.0. The minimum absolute atomic E-state index is 0.0741. The van der Waals surface area contributed by atoms with Crippen molar-refractivity contribution in [2.45, 2.75) is 25.9 Å². The molecule has 0 radical (unpaired) electrons. The van der Waals surface area contributed by atoms with Crippen LogP contribution >= 0.6 is 0 Å². The summed E-state index contributed by atoms with van der Waals surface area (Å²) in [5.41, 5.74) is 3.20. The number of hydrogen-bond acceptors (Lipinski definition) is 5. The summed E-state index contributed by atoms with van der Waals surface area (Å²) in [6.45, 7) is 3.01. The summed E-state index contributed by atoms with van der Waals surface area (Å²) in [6.07, 6.45) is 2.05. The Morgan fingerprint density at radius 2 is 2.10 bits per heavy atom. The number of ether oxygens (including phenoxy) is 1. The molecule has 7 heteroatoms.